The molecule has 0 aromatic heterocycles. The van der Waals surface area contributed by atoms with Gasteiger partial charge in [0.05, 0.1) is 7.11 Å². The van der Waals surface area contributed by atoms with E-state index in [0.717, 1.165) is 11.1 Å². The maximum atomic E-state index is 12.2. The first-order valence-electron chi connectivity index (χ1n) is 5.24. The Morgan fingerprint density at radius 3 is 2.35 bits per heavy atom. The van der Waals surface area contributed by atoms with Gasteiger partial charge in [-0.2, -0.15) is 0 Å². The number of ether oxygens (including phenoxy) is 1. The van der Waals surface area contributed by atoms with Crippen molar-refractivity contribution in [1.29, 1.82) is 0 Å². The summed E-state index contributed by atoms with van der Waals surface area (Å²) in [6.07, 6.45) is 0. The van der Waals surface area contributed by atoms with Gasteiger partial charge in [-0.05, 0) is 12.1 Å². The molecule has 0 fully saturated rings. The molecule has 0 bridgehead atoms. The highest BCUT2D eigenvalue weighted by Crippen LogP contribution is 2.45. The third kappa shape index (κ3) is 1.31. The lowest BCUT2D eigenvalue weighted by atomic mass is 10.0. The van der Waals surface area contributed by atoms with Crippen LogP contribution in [0.15, 0.2) is 36.4 Å². The largest absolute Gasteiger partial charge is 0.496 e. The van der Waals surface area contributed by atoms with Crippen LogP contribution < -0.4 is 4.74 Å². The molecule has 3 rings (SSSR count). The highest BCUT2D eigenvalue weighted by Gasteiger charge is 2.30. The Morgan fingerprint density at radius 1 is 1.00 bits per heavy atom. The Morgan fingerprint density at radius 2 is 1.65 bits per heavy atom. The van der Waals surface area contributed by atoms with E-state index in [-0.39, 0.29) is 5.78 Å². The predicted octanol–water partition coefficient (Wildman–Crippen LogP) is 3.56. The van der Waals surface area contributed by atoms with Gasteiger partial charge in [0.25, 0.3) is 0 Å². The van der Waals surface area contributed by atoms with Gasteiger partial charge in [0.1, 0.15) is 5.75 Å². The number of carbonyl (C=O) groups excluding carboxylic acids is 1. The van der Waals surface area contributed by atoms with Gasteiger partial charge in [-0.3, -0.25) is 4.79 Å². The fraction of sp³-hybridized carbons (Fsp3) is 0.0714. The first-order chi connectivity index (χ1) is 8.24. The third-order valence-corrected chi connectivity index (χ3v) is 3.31. The van der Waals surface area contributed by atoms with Crippen LogP contribution in [0.1, 0.15) is 15.9 Å². The Balaban J connectivity index is 2.43. The van der Waals surface area contributed by atoms with Crippen LogP contribution in [0.5, 0.6) is 5.75 Å². The van der Waals surface area contributed by atoms with Gasteiger partial charge in [0.15, 0.2) is 5.78 Å². The summed E-state index contributed by atoms with van der Waals surface area (Å²) in [6.45, 7) is 0. The fourth-order valence-electron chi connectivity index (χ4n) is 2.26. The fourth-order valence-corrected chi connectivity index (χ4v) is 2.53. The van der Waals surface area contributed by atoms with Crippen molar-refractivity contribution in [1.82, 2.24) is 0 Å². The monoisotopic (exact) mass is 244 g/mol. The minimum absolute atomic E-state index is 0.0106. The average Bonchev–Trinajstić information content (AvgIpc) is 2.65. The van der Waals surface area contributed by atoms with Crippen LogP contribution in [0, 0.1) is 0 Å². The van der Waals surface area contributed by atoms with Gasteiger partial charge in [-0.15, -0.1) is 0 Å². The van der Waals surface area contributed by atoms with Gasteiger partial charge in [0.2, 0.25) is 0 Å². The zero-order valence-electron chi connectivity index (χ0n) is 9.16. The molecule has 2 nitrogen and oxygen atoms in total. The zero-order valence-corrected chi connectivity index (χ0v) is 9.91. The van der Waals surface area contributed by atoms with E-state index in [4.69, 9.17) is 16.3 Å². The molecule has 0 radical (unpaired) electrons. The number of carbonyl (C=O) groups is 1. The number of benzene rings is 2. The second-order valence-corrected chi connectivity index (χ2v) is 4.28. The first kappa shape index (κ1) is 10.4. The summed E-state index contributed by atoms with van der Waals surface area (Å²) in [4.78, 5) is 12.2. The number of fused-ring (bicyclic) bond motifs is 3. The van der Waals surface area contributed by atoms with Crippen LogP contribution in [0.25, 0.3) is 11.1 Å². The number of ketones is 1. The maximum absolute atomic E-state index is 12.2. The number of hydrogen-bond donors (Lipinski definition) is 0. The van der Waals surface area contributed by atoms with Crippen LogP contribution in [-0.2, 0) is 0 Å². The molecule has 0 unspecified atom stereocenters. The molecule has 1 aliphatic carbocycles. The Labute approximate surface area is 104 Å². The van der Waals surface area contributed by atoms with Crippen molar-refractivity contribution in [3.8, 4) is 16.9 Å². The van der Waals surface area contributed by atoms with Gasteiger partial charge < -0.3 is 4.74 Å². The molecule has 2 aromatic rings. The van der Waals surface area contributed by atoms with Crippen LogP contribution in [0.3, 0.4) is 0 Å². The topological polar surface area (TPSA) is 26.3 Å². The summed E-state index contributed by atoms with van der Waals surface area (Å²) < 4.78 is 5.31. The van der Waals surface area contributed by atoms with Crippen molar-refractivity contribution < 1.29 is 9.53 Å². The summed E-state index contributed by atoms with van der Waals surface area (Å²) in [7, 11) is 1.59. The molecule has 0 spiro atoms. The maximum Gasteiger partial charge on any atom is 0.194 e. The lowest BCUT2D eigenvalue weighted by Crippen LogP contribution is -1.94. The second-order valence-electron chi connectivity index (χ2n) is 3.87. The summed E-state index contributed by atoms with van der Waals surface area (Å²) in [5.41, 5.74) is 2.90. The lowest BCUT2D eigenvalue weighted by molar-refractivity contribution is 0.104. The van der Waals surface area contributed by atoms with E-state index in [1.807, 2.05) is 12.1 Å². The van der Waals surface area contributed by atoms with Crippen LogP contribution >= 0.6 is 11.6 Å². The standard InChI is InChI=1S/C14H9ClO2/c1-17-11-7-3-5-9-13(11)12-8(14(9)16)4-2-6-10(12)15/h2-7H,1H3. The van der Waals surface area contributed by atoms with E-state index in [9.17, 15) is 4.79 Å². The van der Waals surface area contributed by atoms with E-state index >= 15 is 0 Å². The van der Waals surface area contributed by atoms with Crippen molar-refractivity contribution in [2.75, 3.05) is 7.11 Å². The van der Waals surface area contributed by atoms with Gasteiger partial charge >= 0.3 is 0 Å². The predicted molar refractivity (Wildman–Crippen MR) is 66.9 cm³/mol. The third-order valence-electron chi connectivity index (χ3n) is 3.00. The van der Waals surface area contributed by atoms with E-state index in [2.05, 4.69) is 0 Å². The van der Waals surface area contributed by atoms with E-state index in [0.29, 0.717) is 21.9 Å². The van der Waals surface area contributed by atoms with Crippen molar-refractivity contribution in [2.45, 2.75) is 0 Å². The van der Waals surface area contributed by atoms with Crippen molar-refractivity contribution in [3.05, 3.63) is 52.5 Å². The van der Waals surface area contributed by atoms with Crippen LogP contribution in [0.2, 0.25) is 5.02 Å². The molecule has 1 aliphatic rings. The van der Waals surface area contributed by atoms with Crippen LogP contribution in [-0.4, -0.2) is 12.9 Å². The van der Waals surface area contributed by atoms with Gasteiger partial charge in [0, 0.05) is 27.3 Å². The molecular weight excluding hydrogens is 236 g/mol. The SMILES string of the molecule is COc1cccc2c1-c1c(Cl)cccc1C2=O. The number of hydrogen-bond acceptors (Lipinski definition) is 2. The minimum atomic E-state index is 0.0106. The first-order valence-corrected chi connectivity index (χ1v) is 5.62. The van der Waals surface area contributed by atoms with Crippen LogP contribution in [0.4, 0.5) is 0 Å². The summed E-state index contributed by atoms with van der Waals surface area (Å²) in [5.74, 6) is 0.694. The molecule has 0 atom stereocenters. The summed E-state index contributed by atoms with van der Waals surface area (Å²) in [6, 6.07) is 10.8. The molecule has 0 saturated heterocycles. The van der Waals surface area contributed by atoms with E-state index < -0.39 is 0 Å². The number of methoxy groups -OCH3 is 1. The Bertz CT molecular complexity index is 632. The molecule has 3 heteroatoms. The van der Waals surface area contributed by atoms with E-state index in [1.54, 1.807) is 31.4 Å². The quantitative estimate of drug-likeness (QED) is 0.654. The molecule has 0 heterocycles. The van der Waals surface area contributed by atoms with Gasteiger partial charge in [-0.25, -0.2) is 0 Å². The molecule has 17 heavy (non-hydrogen) atoms. The zero-order chi connectivity index (χ0) is 12.0. The smallest absolute Gasteiger partial charge is 0.194 e. The Hall–Kier alpha value is -1.80. The minimum Gasteiger partial charge on any atom is -0.496 e. The molecule has 84 valence electrons. The van der Waals surface area contributed by atoms with Crippen molar-refractivity contribution in [3.63, 3.8) is 0 Å². The average molecular weight is 245 g/mol. The molecular formula is C14H9ClO2. The van der Waals surface area contributed by atoms with E-state index in [1.165, 1.54) is 0 Å². The highest BCUT2D eigenvalue weighted by molar-refractivity contribution is 6.37. The number of halogens is 1. The highest BCUT2D eigenvalue weighted by atomic mass is 35.5. The molecule has 2 aromatic carbocycles. The molecule has 0 N–H and O–H groups in total. The molecule has 0 saturated carbocycles. The molecule has 0 amide bonds. The molecule has 0 aliphatic heterocycles. The van der Waals surface area contributed by atoms with Crippen molar-refractivity contribution in [2.24, 2.45) is 0 Å². The second kappa shape index (κ2) is 3.60. The summed E-state index contributed by atoms with van der Waals surface area (Å²) in [5, 5.41) is 0.583. The lowest BCUT2D eigenvalue weighted by Gasteiger charge is -2.08. The number of rotatable bonds is 1. The van der Waals surface area contributed by atoms with Gasteiger partial charge in [-0.1, -0.05) is 35.9 Å². The van der Waals surface area contributed by atoms with Crippen molar-refractivity contribution >= 4 is 17.4 Å². The normalized spacial score (nSPS) is 12.2. The Kier molecular flexibility index (Phi) is 2.20. The summed E-state index contributed by atoms with van der Waals surface area (Å²) >= 11 is 6.18.